The molecule has 0 aliphatic carbocycles. The number of amides is 4. The number of carbonyl (C=O) groups is 7. The third kappa shape index (κ3) is 12.3. The average molecular weight is 783 g/mol. The van der Waals surface area contributed by atoms with Crippen molar-refractivity contribution in [2.75, 3.05) is 5.75 Å². The predicted molar refractivity (Wildman–Crippen MR) is 209 cm³/mol. The van der Waals surface area contributed by atoms with Crippen LogP contribution in [-0.2, 0) is 33.6 Å². The van der Waals surface area contributed by atoms with E-state index in [4.69, 9.17) is 0 Å². The molecule has 0 saturated carbocycles. The number of hydrogen-bond donors (Lipinski definition) is 8. The van der Waals surface area contributed by atoms with Crippen molar-refractivity contribution >= 4 is 54.2 Å². The van der Waals surface area contributed by atoms with Gasteiger partial charge in [-0.1, -0.05) is 115 Å². The molecule has 0 bridgehead atoms. The quantitative estimate of drug-likeness (QED) is 0.0609. The minimum absolute atomic E-state index is 0.249. The van der Waals surface area contributed by atoms with Gasteiger partial charge in [-0.25, -0.2) is 4.79 Å². The second-order valence-corrected chi connectivity index (χ2v) is 13.1. The van der Waals surface area contributed by atoms with Crippen molar-refractivity contribution in [2.45, 2.75) is 55.8 Å². The van der Waals surface area contributed by atoms with E-state index in [2.05, 4.69) is 33.9 Å². The fourth-order valence-electron chi connectivity index (χ4n) is 5.94. The van der Waals surface area contributed by atoms with E-state index in [0.717, 1.165) is 11.1 Å². The molecule has 0 aliphatic rings. The van der Waals surface area contributed by atoms with Gasteiger partial charge in [-0.15, -0.1) is 0 Å². The first-order valence-electron chi connectivity index (χ1n) is 17.6. The first-order chi connectivity index (χ1) is 26.9. The first kappa shape index (κ1) is 42.3. The largest absolute Gasteiger partial charge is 0.481 e. The van der Waals surface area contributed by atoms with Crippen LogP contribution in [0.2, 0.25) is 0 Å². The Kier molecular flexibility index (Phi) is 15.7. The summed E-state index contributed by atoms with van der Waals surface area (Å²) in [6.07, 6.45) is -2.00. The minimum Gasteiger partial charge on any atom is -0.481 e. The lowest BCUT2D eigenvalue weighted by Crippen LogP contribution is -2.57. The van der Waals surface area contributed by atoms with Crippen LogP contribution in [0.3, 0.4) is 0 Å². The van der Waals surface area contributed by atoms with Crippen LogP contribution < -0.4 is 21.3 Å². The standard InChI is InChI=1S/C41H42N4O10S/c46-32(21-23-34(49)50)44-37(35(27-12-6-2-7-13-27)28-14-8-3-9-15-28)40(53)42-30(20-22-33(47)48)38(51)45-36(39(52)43-31(24-56)41(54)55)29-18-16-26(17-19-29)25-10-4-1-5-11-25/h1-19,30-31,35-37,56H,20-24H2,(H,42,53)(H,43,52)(H,44,46)(H,45,51)(H,47,48)(H,49,50)(H,54,55)/t30-,31-,36-,37-/m0/s1. The molecule has 0 aromatic heterocycles. The van der Waals surface area contributed by atoms with Crippen molar-refractivity contribution < 1.29 is 48.9 Å². The number of benzene rings is 4. The summed E-state index contributed by atoms with van der Waals surface area (Å²) in [6, 6.07) is 27.3. The maximum Gasteiger partial charge on any atom is 0.327 e. The highest BCUT2D eigenvalue weighted by Gasteiger charge is 2.36. The van der Waals surface area contributed by atoms with Crippen LogP contribution >= 0.6 is 12.6 Å². The summed E-state index contributed by atoms with van der Waals surface area (Å²) in [6.45, 7) is 0. The summed E-state index contributed by atoms with van der Waals surface area (Å²) in [7, 11) is 0. The summed E-state index contributed by atoms with van der Waals surface area (Å²) in [4.78, 5) is 90.0. The number of carboxylic acid groups (broad SMARTS) is 3. The first-order valence-corrected chi connectivity index (χ1v) is 18.2. The monoisotopic (exact) mass is 782 g/mol. The van der Waals surface area contributed by atoms with E-state index in [1.165, 1.54) is 0 Å². The zero-order valence-corrected chi connectivity index (χ0v) is 30.9. The lowest BCUT2D eigenvalue weighted by molar-refractivity contribution is -0.141. The number of nitrogens with one attached hydrogen (secondary N) is 4. The number of carboxylic acids is 3. The summed E-state index contributed by atoms with van der Waals surface area (Å²) in [5, 5.41) is 38.5. The number of rotatable bonds is 20. The van der Waals surface area contributed by atoms with Gasteiger partial charge in [-0.2, -0.15) is 12.6 Å². The van der Waals surface area contributed by atoms with Crippen LogP contribution in [0.15, 0.2) is 115 Å². The van der Waals surface area contributed by atoms with Crippen LogP contribution in [0.1, 0.15) is 54.3 Å². The van der Waals surface area contributed by atoms with Gasteiger partial charge in [0, 0.05) is 24.5 Å². The molecule has 15 heteroatoms. The van der Waals surface area contributed by atoms with E-state index in [-0.39, 0.29) is 11.3 Å². The van der Waals surface area contributed by atoms with Crippen molar-refractivity contribution in [3.8, 4) is 11.1 Å². The topological polar surface area (TPSA) is 228 Å². The van der Waals surface area contributed by atoms with E-state index in [1.54, 1.807) is 84.9 Å². The second kappa shape index (κ2) is 20.8. The van der Waals surface area contributed by atoms with Gasteiger partial charge in [0.05, 0.1) is 6.42 Å². The summed E-state index contributed by atoms with van der Waals surface area (Å²) < 4.78 is 0. The number of thiol groups is 1. The van der Waals surface area contributed by atoms with Crippen molar-refractivity contribution in [3.63, 3.8) is 0 Å². The molecule has 0 aliphatic heterocycles. The molecule has 7 N–H and O–H groups in total. The Labute approximate surface area is 328 Å². The highest BCUT2D eigenvalue weighted by atomic mass is 32.1. The van der Waals surface area contributed by atoms with Gasteiger partial charge in [0.1, 0.15) is 24.2 Å². The Morgan fingerprint density at radius 3 is 1.50 bits per heavy atom. The lowest BCUT2D eigenvalue weighted by atomic mass is 9.84. The van der Waals surface area contributed by atoms with Gasteiger partial charge in [-0.05, 0) is 34.2 Å². The zero-order valence-electron chi connectivity index (χ0n) is 30.0. The minimum atomic E-state index is -1.58. The van der Waals surface area contributed by atoms with Gasteiger partial charge in [-0.3, -0.25) is 28.8 Å². The van der Waals surface area contributed by atoms with E-state index in [0.29, 0.717) is 11.1 Å². The van der Waals surface area contributed by atoms with E-state index < -0.39 is 97.3 Å². The second-order valence-electron chi connectivity index (χ2n) is 12.7. The third-order valence-corrected chi connectivity index (χ3v) is 9.16. The fourth-order valence-corrected chi connectivity index (χ4v) is 6.19. The van der Waals surface area contributed by atoms with E-state index >= 15 is 0 Å². The van der Waals surface area contributed by atoms with Crippen molar-refractivity contribution in [1.82, 2.24) is 21.3 Å². The van der Waals surface area contributed by atoms with Crippen LogP contribution in [0.25, 0.3) is 11.1 Å². The smallest absolute Gasteiger partial charge is 0.327 e. The molecule has 14 nitrogen and oxygen atoms in total. The molecule has 4 atom stereocenters. The molecule has 0 fully saturated rings. The zero-order chi connectivity index (χ0) is 40.6. The number of carbonyl (C=O) groups excluding carboxylic acids is 4. The van der Waals surface area contributed by atoms with Gasteiger partial charge in [0.15, 0.2) is 0 Å². The van der Waals surface area contributed by atoms with Crippen LogP contribution in [0.4, 0.5) is 0 Å². The van der Waals surface area contributed by atoms with Crippen LogP contribution in [-0.4, -0.2) is 80.7 Å². The Morgan fingerprint density at radius 2 is 1.00 bits per heavy atom. The molecule has 4 aromatic rings. The molecular formula is C41H42N4O10S. The molecule has 0 spiro atoms. The molecule has 4 rings (SSSR count). The third-order valence-electron chi connectivity index (χ3n) is 8.79. The molecule has 292 valence electrons. The van der Waals surface area contributed by atoms with E-state index in [1.807, 2.05) is 30.3 Å². The Bertz CT molecular complexity index is 1940. The molecule has 0 radical (unpaired) electrons. The molecule has 56 heavy (non-hydrogen) atoms. The fraction of sp³-hybridized carbons (Fsp3) is 0.244. The normalized spacial score (nSPS) is 13.0. The van der Waals surface area contributed by atoms with E-state index in [9.17, 15) is 48.9 Å². The van der Waals surface area contributed by atoms with Crippen LogP contribution in [0.5, 0.6) is 0 Å². The van der Waals surface area contributed by atoms with Gasteiger partial charge >= 0.3 is 17.9 Å². The maximum atomic E-state index is 14.4. The van der Waals surface area contributed by atoms with Crippen molar-refractivity contribution in [2.24, 2.45) is 0 Å². The highest BCUT2D eigenvalue weighted by Crippen LogP contribution is 2.29. The molecule has 4 amide bonds. The molecule has 0 saturated heterocycles. The highest BCUT2D eigenvalue weighted by molar-refractivity contribution is 7.80. The number of hydrogen-bond acceptors (Lipinski definition) is 8. The molecule has 0 heterocycles. The van der Waals surface area contributed by atoms with Crippen molar-refractivity contribution in [1.29, 1.82) is 0 Å². The van der Waals surface area contributed by atoms with Crippen LogP contribution in [0, 0.1) is 0 Å². The summed E-state index contributed by atoms with van der Waals surface area (Å²) >= 11 is 4.02. The maximum absolute atomic E-state index is 14.4. The average Bonchev–Trinajstić information content (AvgIpc) is 3.20. The van der Waals surface area contributed by atoms with Crippen molar-refractivity contribution in [3.05, 3.63) is 132 Å². The molecular weight excluding hydrogens is 741 g/mol. The predicted octanol–water partition coefficient (Wildman–Crippen LogP) is 3.54. The summed E-state index contributed by atoms with van der Waals surface area (Å²) in [5.41, 5.74) is 3.09. The number of aliphatic carboxylic acids is 3. The molecule has 0 unspecified atom stereocenters. The SMILES string of the molecule is O=C(O)CCC(=O)N[C@H](C(=O)N[C@@H](CCC(=O)O)C(=O)N[C@H](C(=O)N[C@@H](CS)C(=O)O)c1ccc(-c2ccccc2)cc1)C(c1ccccc1)c1ccccc1. The van der Waals surface area contributed by atoms with Gasteiger partial charge in [0.2, 0.25) is 23.6 Å². The Hall–Kier alpha value is -6.48. The Morgan fingerprint density at radius 1 is 0.500 bits per heavy atom. The lowest BCUT2D eigenvalue weighted by Gasteiger charge is -2.30. The molecule has 4 aromatic carbocycles. The van der Waals surface area contributed by atoms with Gasteiger partial charge in [0.25, 0.3) is 0 Å². The Balaban J connectivity index is 1.71. The van der Waals surface area contributed by atoms with Gasteiger partial charge < -0.3 is 36.6 Å². The summed E-state index contributed by atoms with van der Waals surface area (Å²) in [5.74, 6) is -8.55.